The number of hydrogen-bond acceptors (Lipinski definition) is 4. The smallest absolute Gasteiger partial charge is 0.325 e. The molecule has 0 saturated carbocycles. The summed E-state index contributed by atoms with van der Waals surface area (Å²) >= 11 is 0. The minimum atomic E-state index is -1.02. The third-order valence-electron chi connectivity index (χ3n) is 4.77. The number of hydrogen-bond donors (Lipinski definition) is 1. The number of amides is 4. The fraction of sp³-hybridized carbons (Fsp3) is 0.500. The zero-order valence-corrected chi connectivity index (χ0v) is 14.7. The number of urea groups is 1. The largest absolute Gasteiger partial charge is 0.367 e. The van der Waals surface area contributed by atoms with E-state index in [9.17, 15) is 14.4 Å². The molecule has 2 atom stereocenters. The van der Waals surface area contributed by atoms with E-state index in [0.29, 0.717) is 13.1 Å². The normalized spacial score (nSPS) is 25.9. The molecule has 2 heterocycles. The highest BCUT2D eigenvalue weighted by Gasteiger charge is 2.46. The molecule has 2 aliphatic rings. The molecule has 3 rings (SSSR count). The molecular weight excluding hydrogens is 322 g/mol. The van der Waals surface area contributed by atoms with Crippen LogP contribution < -0.4 is 5.32 Å². The lowest BCUT2D eigenvalue weighted by Gasteiger charge is -2.38. The molecule has 2 saturated heterocycles. The second kappa shape index (κ2) is 6.48. The molecule has 1 N–H and O–H groups in total. The highest BCUT2D eigenvalue weighted by atomic mass is 16.5. The van der Waals surface area contributed by atoms with Gasteiger partial charge in [-0.1, -0.05) is 30.3 Å². The van der Waals surface area contributed by atoms with E-state index in [2.05, 4.69) is 5.32 Å². The third kappa shape index (κ3) is 3.37. The van der Waals surface area contributed by atoms with Gasteiger partial charge in [0.15, 0.2) is 0 Å². The SMILES string of the molecule is C[C@@H]1CN(C(=O)CN2C(=O)NC(=O)C2(C)C)C[C@@H](c2ccccc2)O1. The first-order chi connectivity index (χ1) is 11.8. The van der Waals surface area contributed by atoms with Gasteiger partial charge in [-0.2, -0.15) is 0 Å². The molecule has 25 heavy (non-hydrogen) atoms. The summed E-state index contributed by atoms with van der Waals surface area (Å²) in [6.07, 6.45) is -0.305. The second-order valence-electron chi connectivity index (χ2n) is 7.05. The topological polar surface area (TPSA) is 79.0 Å². The van der Waals surface area contributed by atoms with Crippen molar-refractivity contribution in [1.29, 1.82) is 0 Å². The number of carbonyl (C=O) groups excluding carboxylic acids is 3. The summed E-state index contributed by atoms with van der Waals surface area (Å²) in [5.41, 5.74) is -0.00926. The van der Waals surface area contributed by atoms with Gasteiger partial charge in [0, 0.05) is 6.54 Å². The van der Waals surface area contributed by atoms with Gasteiger partial charge in [-0.05, 0) is 26.3 Å². The van der Waals surface area contributed by atoms with Crippen LogP contribution in [0.4, 0.5) is 4.79 Å². The van der Waals surface area contributed by atoms with Gasteiger partial charge in [0.05, 0.1) is 12.6 Å². The highest BCUT2D eigenvalue weighted by molar-refractivity contribution is 6.07. The Morgan fingerprint density at radius 1 is 1.24 bits per heavy atom. The summed E-state index contributed by atoms with van der Waals surface area (Å²) < 4.78 is 5.96. The van der Waals surface area contributed by atoms with Gasteiger partial charge < -0.3 is 14.5 Å². The predicted octanol–water partition coefficient (Wildman–Crippen LogP) is 1.31. The minimum Gasteiger partial charge on any atom is -0.367 e. The van der Waals surface area contributed by atoms with Crippen molar-refractivity contribution in [3.8, 4) is 0 Å². The van der Waals surface area contributed by atoms with Crippen molar-refractivity contribution in [2.75, 3.05) is 19.6 Å². The third-order valence-corrected chi connectivity index (χ3v) is 4.77. The fourth-order valence-corrected chi connectivity index (χ4v) is 3.21. The summed E-state index contributed by atoms with van der Waals surface area (Å²) in [4.78, 5) is 39.6. The summed E-state index contributed by atoms with van der Waals surface area (Å²) in [6.45, 7) is 5.96. The molecule has 0 bridgehead atoms. The Balaban J connectivity index is 1.71. The van der Waals surface area contributed by atoms with Crippen LogP contribution in [0.1, 0.15) is 32.4 Å². The Bertz CT molecular complexity index is 689. The number of carbonyl (C=O) groups is 3. The van der Waals surface area contributed by atoms with E-state index in [-0.39, 0.29) is 30.6 Å². The number of ether oxygens (including phenoxy) is 1. The molecule has 2 aliphatic heterocycles. The standard InChI is InChI=1S/C18H23N3O4/c1-12-9-20(10-14(25-12)13-7-5-4-6-8-13)15(22)11-21-17(24)19-16(23)18(21,2)3/h4-8,12,14H,9-11H2,1-3H3,(H,19,23,24)/t12-,14+/m1/s1. The maximum Gasteiger partial charge on any atom is 0.325 e. The van der Waals surface area contributed by atoms with Gasteiger partial charge >= 0.3 is 6.03 Å². The van der Waals surface area contributed by atoms with Crippen molar-refractivity contribution in [1.82, 2.24) is 15.1 Å². The van der Waals surface area contributed by atoms with E-state index < -0.39 is 11.6 Å². The van der Waals surface area contributed by atoms with E-state index in [0.717, 1.165) is 5.56 Å². The Hall–Kier alpha value is -2.41. The molecule has 1 aromatic rings. The number of nitrogens with one attached hydrogen (secondary N) is 1. The number of benzene rings is 1. The fourth-order valence-electron chi connectivity index (χ4n) is 3.21. The molecule has 0 unspecified atom stereocenters. The summed E-state index contributed by atoms with van der Waals surface area (Å²) in [5.74, 6) is -0.572. The molecule has 0 aliphatic carbocycles. The molecule has 7 heteroatoms. The lowest BCUT2D eigenvalue weighted by atomic mass is 10.0. The summed E-state index contributed by atoms with van der Waals surface area (Å²) in [7, 11) is 0. The van der Waals surface area contributed by atoms with Gasteiger partial charge in [0.2, 0.25) is 5.91 Å². The van der Waals surface area contributed by atoms with Crippen LogP contribution in [0.25, 0.3) is 0 Å². The average molecular weight is 345 g/mol. The molecule has 2 fully saturated rings. The van der Waals surface area contributed by atoms with E-state index >= 15 is 0 Å². The van der Waals surface area contributed by atoms with Crippen molar-refractivity contribution in [3.05, 3.63) is 35.9 Å². The Labute approximate surface area is 146 Å². The average Bonchev–Trinajstić information content (AvgIpc) is 2.77. The quantitative estimate of drug-likeness (QED) is 0.838. The monoisotopic (exact) mass is 345 g/mol. The molecule has 134 valence electrons. The Morgan fingerprint density at radius 3 is 2.52 bits per heavy atom. The lowest BCUT2D eigenvalue weighted by Crippen LogP contribution is -2.53. The minimum absolute atomic E-state index is 0.107. The van der Waals surface area contributed by atoms with Crippen molar-refractivity contribution < 1.29 is 19.1 Å². The van der Waals surface area contributed by atoms with Gasteiger partial charge in [-0.3, -0.25) is 14.9 Å². The van der Waals surface area contributed by atoms with Crippen LogP contribution in [0.5, 0.6) is 0 Å². The highest BCUT2D eigenvalue weighted by Crippen LogP contribution is 2.26. The molecule has 7 nitrogen and oxygen atoms in total. The predicted molar refractivity (Wildman–Crippen MR) is 90.6 cm³/mol. The van der Waals surface area contributed by atoms with Crippen LogP contribution in [-0.4, -0.2) is 58.9 Å². The maximum absolute atomic E-state index is 12.8. The first-order valence-corrected chi connectivity index (χ1v) is 8.40. The van der Waals surface area contributed by atoms with E-state index in [1.165, 1.54) is 4.90 Å². The van der Waals surface area contributed by atoms with Crippen molar-refractivity contribution in [3.63, 3.8) is 0 Å². The van der Waals surface area contributed by atoms with Crippen molar-refractivity contribution in [2.45, 2.75) is 38.5 Å². The van der Waals surface area contributed by atoms with E-state index in [4.69, 9.17) is 4.74 Å². The zero-order valence-electron chi connectivity index (χ0n) is 14.7. The van der Waals surface area contributed by atoms with E-state index in [1.54, 1.807) is 18.7 Å². The van der Waals surface area contributed by atoms with Crippen LogP contribution in [0.15, 0.2) is 30.3 Å². The van der Waals surface area contributed by atoms with Gasteiger partial charge in [-0.15, -0.1) is 0 Å². The molecule has 1 aromatic carbocycles. The molecule has 4 amide bonds. The van der Waals surface area contributed by atoms with Crippen LogP contribution in [0, 0.1) is 0 Å². The first kappa shape index (κ1) is 17.4. The van der Waals surface area contributed by atoms with Gasteiger partial charge in [0.1, 0.15) is 18.2 Å². The number of rotatable bonds is 3. The lowest BCUT2D eigenvalue weighted by molar-refractivity contribution is -0.146. The van der Waals surface area contributed by atoms with Crippen molar-refractivity contribution >= 4 is 17.8 Å². The van der Waals surface area contributed by atoms with Gasteiger partial charge in [0.25, 0.3) is 5.91 Å². The number of imide groups is 1. The Kier molecular flexibility index (Phi) is 4.51. The molecule has 0 aromatic heterocycles. The van der Waals surface area contributed by atoms with E-state index in [1.807, 2.05) is 37.3 Å². The second-order valence-corrected chi connectivity index (χ2v) is 7.05. The molecule has 0 spiro atoms. The van der Waals surface area contributed by atoms with Crippen LogP contribution in [0.3, 0.4) is 0 Å². The van der Waals surface area contributed by atoms with Crippen LogP contribution >= 0.6 is 0 Å². The maximum atomic E-state index is 12.8. The van der Waals surface area contributed by atoms with Crippen molar-refractivity contribution in [2.24, 2.45) is 0 Å². The molecular formula is C18H23N3O4. The number of nitrogens with zero attached hydrogens (tertiary/aromatic N) is 2. The Morgan fingerprint density at radius 2 is 1.92 bits per heavy atom. The van der Waals surface area contributed by atoms with Crippen LogP contribution in [0.2, 0.25) is 0 Å². The summed E-state index contributed by atoms with van der Waals surface area (Å²) in [5, 5.41) is 2.26. The van der Waals surface area contributed by atoms with Gasteiger partial charge in [-0.25, -0.2) is 4.79 Å². The number of morpholine rings is 1. The molecule has 0 radical (unpaired) electrons. The first-order valence-electron chi connectivity index (χ1n) is 8.40. The zero-order chi connectivity index (χ0) is 18.2. The van der Waals surface area contributed by atoms with Crippen LogP contribution in [-0.2, 0) is 14.3 Å². The summed E-state index contributed by atoms with van der Waals surface area (Å²) in [6, 6.07) is 9.23.